The molecule has 0 saturated heterocycles. The second-order valence-electron chi connectivity index (χ2n) is 4.28. The van der Waals surface area contributed by atoms with E-state index in [0.717, 1.165) is 5.69 Å². The molecule has 0 aromatic carbocycles. The van der Waals surface area contributed by atoms with E-state index in [1.807, 2.05) is 13.8 Å². The van der Waals surface area contributed by atoms with Gasteiger partial charge >= 0.3 is 0 Å². The molecule has 0 radical (unpaired) electrons. The van der Waals surface area contributed by atoms with Crippen LogP contribution in [-0.4, -0.2) is 27.8 Å². The Kier molecular flexibility index (Phi) is 4.54. The van der Waals surface area contributed by atoms with Crippen molar-refractivity contribution in [1.29, 1.82) is 0 Å². The average Bonchev–Trinajstić information content (AvgIpc) is 2.57. The Bertz CT molecular complexity index is 404. The molecule has 0 aliphatic carbocycles. The number of hydrogen-bond donors (Lipinski definition) is 2. The van der Waals surface area contributed by atoms with E-state index in [9.17, 15) is 4.79 Å². The van der Waals surface area contributed by atoms with Crippen LogP contribution in [-0.2, 0) is 11.3 Å². The highest BCUT2D eigenvalue weighted by Gasteiger charge is 2.29. The number of nitrogens with zero attached hydrogens (tertiary/aromatic N) is 2. The summed E-state index contributed by atoms with van der Waals surface area (Å²) in [5.41, 5.74) is 5.60. The van der Waals surface area contributed by atoms with Crippen molar-refractivity contribution < 1.29 is 4.79 Å². The Morgan fingerprint density at radius 2 is 2.35 bits per heavy atom. The SMILES string of the molecule is CCNC(C)(CCn1ncc(Cl)c1C)C(N)=O. The highest BCUT2D eigenvalue weighted by atomic mass is 35.5. The summed E-state index contributed by atoms with van der Waals surface area (Å²) in [6.45, 7) is 6.93. The second-order valence-corrected chi connectivity index (χ2v) is 4.68. The summed E-state index contributed by atoms with van der Waals surface area (Å²) < 4.78 is 1.78. The van der Waals surface area contributed by atoms with E-state index in [4.69, 9.17) is 17.3 Å². The van der Waals surface area contributed by atoms with Crippen LogP contribution in [0, 0.1) is 6.92 Å². The van der Waals surface area contributed by atoms with Crippen LogP contribution in [0.5, 0.6) is 0 Å². The number of rotatable bonds is 6. The summed E-state index contributed by atoms with van der Waals surface area (Å²) >= 11 is 5.91. The molecule has 3 N–H and O–H groups in total. The molecular weight excluding hydrogens is 240 g/mol. The Balaban J connectivity index is 2.71. The van der Waals surface area contributed by atoms with Crippen molar-refractivity contribution in [3.8, 4) is 0 Å². The average molecular weight is 259 g/mol. The molecule has 0 aliphatic heterocycles. The van der Waals surface area contributed by atoms with Gasteiger partial charge in [-0.15, -0.1) is 0 Å². The lowest BCUT2D eigenvalue weighted by Gasteiger charge is -2.27. The van der Waals surface area contributed by atoms with E-state index in [1.165, 1.54) is 0 Å². The van der Waals surface area contributed by atoms with E-state index in [2.05, 4.69) is 10.4 Å². The zero-order valence-electron chi connectivity index (χ0n) is 10.5. The first-order valence-electron chi connectivity index (χ1n) is 5.63. The normalized spacial score (nSPS) is 14.6. The molecule has 1 atom stereocenters. The maximum absolute atomic E-state index is 11.4. The van der Waals surface area contributed by atoms with Gasteiger partial charge in [-0.05, 0) is 26.8 Å². The molecule has 96 valence electrons. The standard InChI is InChI=1S/C11H19ClN4O/c1-4-14-11(3,10(13)17)5-6-16-8(2)9(12)7-15-16/h7,14H,4-6H2,1-3H3,(H2,13,17). The molecule has 6 heteroatoms. The third-order valence-electron chi connectivity index (χ3n) is 2.98. The topological polar surface area (TPSA) is 72.9 Å². The molecule has 1 aromatic rings. The second kappa shape index (κ2) is 5.51. The highest BCUT2D eigenvalue weighted by molar-refractivity contribution is 6.31. The van der Waals surface area contributed by atoms with Gasteiger partial charge in [0.2, 0.25) is 5.91 Å². The molecule has 1 amide bonds. The van der Waals surface area contributed by atoms with Gasteiger partial charge in [0.05, 0.1) is 22.5 Å². The summed E-state index contributed by atoms with van der Waals surface area (Å²) in [6.07, 6.45) is 2.18. The van der Waals surface area contributed by atoms with Gasteiger partial charge in [0.15, 0.2) is 0 Å². The first-order chi connectivity index (χ1) is 7.90. The van der Waals surface area contributed by atoms with E-state index >= 15 is 0 Å². The lowest BCUT2D eigenvalue weighted by Crippen LogP contribution is -2.53. The molecule has 0 saturated carbocycles. The number of carbonyl (C=O) groups excluding carboxylic acids is 1. The smallest absolute Gasteiger partial charge is 0.237 e. The Labute approximate surface area is 106 Å². The Morgan fingerprint density at radius 3 is 2.76 bits per heavy atom. The first-order valence-corrected chi connectivity index (χ1v) is 6.01. The van der Waals surface area contributed by atoms with Crippen LogP contribution in [0.2, 0.25) is 5.02 Å². The first kappa shape index (κ1) is 14.0. The van der Waals surface area contributed by atoms with Gasteiger partial charge in [-0.1, -0.05) is 18.5 Å². The van der Waals surface area contributed by atoms with Crippen LogP contribution in [0.1, 0.15) is 26.0 Å². The van der Waals surface area contributed by atoms with Crippen molar-refractivity contribution in [3.63, 3.8) is 0 Å². The number of aromatic nitrogens is 2. The Morgan fingerprint density at radius 1 is 1.71 bits per heavy atom. The van der Waals surface area contributed by atoms with E-state index < -0.39 is 5.54 Å². The van der Waals surface area contributed by atoms with Gasteiger partial charge in [0.1, 0.15) is 0 Å². The van der Waals surface area contributed by atoms with Crippen molar-refractivity contribution in [2.24, 2.45) is 5.73 Å². The summed E-state index contributed by atoms with van der Waals surface area (Å²) in [4.78, 5) is 11.4. The molecule has 0 bridgehead atoms. The molecule has 1 unspecified atom stereocenters. The van der Waals surface area contributed by atoms with Gasteiger partial charge in [-0.3, -0.25) is 9.48 Å². The summed E-state index contributed by atoms with van der Waals surface area (Å²) in [6, 6.07) is 0. The minimum atomic E-state index is -0.709. The number of nitrogens with two attached hydrogens (primary N) is 1. The van der Waals surface area contributed by atoms with Crippen molar-refractivity contribution in [1.82, 2.24) is 15.1 Å². The number of carbonyl (C=O) groups is 1. The number of amides is 1. The molecule has 1 aromatic heterocycles. The molecule has 0 aliphatic rings. The van der Waals surface area contributed by atoms with Gasteiger partial charge in [0.25, 0.3) is 0 Å². The van der Waals surface area contributed by atoms with Crippen molar-refractivity contribution in [2.75, 3.05) is 6.54 Å². The fourth-order valence-electron chi connectivity index (χ4n) is 1.67. The van der Waals surface area contributed by atoms with Crippen LogP contribution in [0.4, 0.5) is 0 Å². The molecule has 5 nitrogen and oxygen atoms in total. The minimum absolute atomic E-state index is 0.352. The summed E-state index contributed by atoms with van der Waals surface area (Å²) in [5.74, 6) is -0.352. The number of nitrogens with one attached hydrogen (secondary N) is 1. The fraction of sp³-hybridized carbons (Fsp3) is 0.636. The van der Waals surface area contributed by atoms with E-state index in [-0.39, 0.29) is 5.91 Å². The zero-order valence-corrected chi connectivity index (χ0v) is 11.2. The van der Waals surface area contributed by atoms with Gasteiger partial charge in [-0.25, -0.2) is 0 Å². The van der Waals surface area contributed by atoms with Crippen molar-refractivity contribution in [3.05, 3.63) is 16.9 Å². The highest BCUT2D eigenvalue weighted by Crippen LogP contribution is 2.16. The predicted molar refractivity (Wildman–Crippen MR) is 67.9 cm³/mol. The van der Waals surface area contributed by atoms with Crippen LogP contribution in [0.15, 0.2) is 6.20 Å². The number of likely N-dealkylation sites (N-methyl/N-ethyl adjacent to an activating group) is 1. The predicted octanol–water partition coefficient (Wildman–Crippen LogP) is 1.09. The Hall–Kier alpha value is -1.07. The third kappa shape index (κ3) is 3.20. The van der Waals surface area contributed by atoms with Crippen LogP contribution in [0.3, 0.4) is 0 Å². The minimum Gasteiger partial charge on any atom is -0.368 e. The van der Waals surface area contributed by atoms with Crippen LogP contribution < -0.4 is 11.1 Å². The lowest BCUT2D eigenvalue weighted by molar-refractivity contribution is -0.124. The largest absolute Gasteiger partial charge is 0.368 e. The number of halogens is 1. The van der Waals surface area contributed by atoms with Crippen LogP contribution in [0.25, 0.3) is 0 Å². The van der Waals surface area contributed by atoms with Gasteiger partial charge in [-0.2, -0.15) is 5.10 Å². The maximum atomic E-state index is 11.4. The van der Waals surface area contributed by atoms with Crippen molar-refractivity contribution >= 4 is 17.5 Å². The zero-order chi connectivity index (χ0) is 13.1. The van der Waals surface area contributed by atoms with Crippen LogP contribution >= 0.6 is 11.6 Å². The molecule has 0 fully saturated rings. The van der Waals surface area contributed by atoms with Crippen molar-refractivity contribution in [2.45, 2.75) is 39.3 Å². The maximum Gasteiger partial charge on any atom is 0.237 e. The van der Waals surface area contributed by atoms with Gasteiger partial charge in [0, 0.05) is 6.54 Å². The number of primary amides is 1. The van der Waals surface area contributed by atoms with E-state index in [0.29, 0.717) is 24.5 Å². The van der Waals surface area contributed by atoms with Gasteiger partial charge < -0.3 is 11.1 Å². The molecule has 17 heavy (non-hydrogen) atoms. The third-order valence-corrected chi connectivity index (χ3v) is 3.35. The summed E-state index contributed by atoms with van der Waals surface area (Å²) in [7, 11) is 0. The number of hydrogen-bond acceptors (Lipinski definition) is 3. The fourth-order valence-corrected chi connectivity index (χ4v) is 1.81. The molecular formula is C11H19ClN4O. The molecule has 1 rings (SSSR count). The molecule has 1 heterocycles. The lowest BCUT2D eigenvalue weighted by atomic mass is 9.97. The number of aryl methyl sites for hydroxylation is 1. The monoisotopic (exact) mass is 258 g/mol. The van der Waals surface area contributed by atoms with E-state index in [1.54, 1.807) is 17.8 Å². The summed E-state index contributed by atoms with van der Waals surface area (Å²) in [5, 5.41) is 7.88. The quantitative estimate of drug-likeness (QED) is 0.802. The molecule has 0 spiro atoms.